The van der Waals surface area contributed by atoms with Crippen molar-refractivity contribution in [2.75, 3.05) is 0 Å². The van der Waals surface area contributed by atoms with Crippen molar-refractivity contribution in [2.24, 2.45) is 0 Å². The van der Waals surface area contributed by atoms with Gasteiger partial charge in [-0.15, -0.1) is 0 Å². The first-order chi connectivity index (χ1) is 14.9. The molecule has 0 spiro atoms. The smallest absolute Gasteiger partial charge is 0.143 e. The van der Waals surface area contributed by atoms with Gasteiger partial charge in [0.25, 0.3) is 0 Å². The molecule has 5 aromatic carbocycles. The Balaban J connectivity index is 1.76. The van der Waals surface area contributed by atoms with Gasteiger partial charge in [-0.25, -0.2) is 0 Å². The van der Waals surface area contributed by atoms with Crippen molar-refractivity contribution in [1.29, 1.82) is 0 Å². The molecule has 0 radical (unpaired) electrons. The van der Waals surface area contributed by atoms with E-state index in [1.165, 1.54) is 16.2 Å². The summed E-state index contributed by atoms with van der Waals surface area (Å²) in [4.78, 5) is 0. The largest absolute Gasteiger partial charge is 0.456 e. The van der Waals surface area contributed by atoms with Gasteiger partial charge in [0, 0.05) is 32.5 Å². The minimum atomic E-state index is 0.878. The summed E-state index contributed by atoms with van der Waals surface area (Å²) >= 11 is 0. The third-order valence-electron chi connectivity index (χ3n) is 6.06. The Hall–Kier alpha value is -4.04. The minimum Gasteiger partial charge on any atom is -0.456 e. The van der Waals surface area contributed by atoms with Gasteiger partial charge in [0.15, 0.2) is 0 Å². The molecule has 0 saturated carbocycles. The number of para-hydroxylation sites is 2. The van der Waals surface area contributed by atoms with E-state index in [0.29, 0.717) is 0 Å². The van der Waals surface area contributed by atoms with Crippen LogP contribution in [0.4, 0.5) is 0 Å². The normalized spacial score (nSPS) is 12.0. The fraction of sp³-hybridized carbons (Fsp3) is 0. The minimum absolute atomic E-state index is 0.878. The number of furan rings is 2. The molecule has 0 amide bonds. The van der Waals surface area contributed by atoms with E-state index in [1.807, 2.05) is 30.3 Å². The van der Waals surface area contributed by atoms with E-state index in [1.54, 1.807) is 0 Å². The van der Waals surface area contributed by atoms with Crippen molar-refractivity contribution < 1.29 is 8.83 Å². The zero-order valence-electron chi connectivity index (χ0n) is 16.1. The van der Waals surface area contributed by atoms with Crippen molar-refractivity contribution in [2.45, 2.75) is 0 Å². The number of hydrogen-bond acceptors (Lipinski definition) is 2. The Kier molecular flexibility index (Phi) is 3.03. The summed E-state index contributed by atoms with van der Waals surface area (Å²) in [6.45, 7) is 0. The number of fused-ring (bicyclic) bond motifs is 9. The maximum Gasteiger partial charge on any atom is 0.143 e. The van der Waals surface area contributed by atoms with Crippen molar-refractivity contribution in [3.8, 4) is 11.3 Å². The lowest BCUT2D eigenvalue weighted by molar-refractivity contribution is 0.632. The molecule has 0 aliphatic rings. The lowest BCUT2D eigenvalue weighted by Crippen LogP contribution is -1.84. The lowest BCUT2D eigenvalue weighted by atomic mass is 9.93. The molecule has 2 heteroatoms. The molecule has 0 fully saturated rings. The molecular weight excluding hydrogens is 368 g/mol. The highest BCUT2D eigenvalue weighted by atomic mass is 16.3. The summed E-state index contributed by atoms with van der Waals surface area (Å²) < 4.78 is 12.7. The van der Waals surface area contributed by atoms with Crippen LogP contribution in [0.2, 0.25) is 0 Å². The lowest BCUT2D eigenvalue weighted by Gasteiger charge is -2.10. The van der Waals surface area contributed by atoms with Crippen LogP contribution in [0.5, 0.6) is 0 Å². The van der Waals surface area contributed by atoms with Crippen LogP contribution in [0.25, 0.3) is 65.8 Å². The highest BCUT2D eigenvalue weighted by Crippen LogP contribution is 2.44. The molecule has 30 heavy (non-hydrogen) atoms. The molecular formula is C28H16O2. The van der Waals surface area contributed by atoms with Crippen LogP contribution in [0.15, 0.2) is 106 Å². The van der Waals surface area contributed by atoms with Gasteiger partial charge in [-0.3, -0.25) is 0 Å². The highest BCUT2D eigenvalue weighted by molar-refractivity contribution is 6.32. The van der Waals surface area contributed by atoms with Crippen LogP contribution >= 0.6 is 0 Å². The Morgan fingerprint density at radius 1 is 0.467 bits per heavy atom. The van der Waals surface area contributed by atoms with E-state index < -0.39 is 0 Å². The van der Waals surface area contributed by atoms with Gasteiger partial charge in [0.1, 0.15) is 22.5 Å². The van der Waals surface area contributed by atoms with E-state index in [-0.39, 0.29) is 0 Å². The predicted molar refractivity (Wildman–Crippen MR) is 124 cm³/mol. The van der Waals surface area contributed by atoms with Gasteiger partial charge in [-0.05, 0) is 29.0 Å². The van der Waals surface area contributed by atoms with E-state index in [0.717, 1.165) is 49.6 Å². The molecule has 7 rings (SSSR count). The summed E-state index contributed by atoms with van der Waals surface area (Å²) in [5.41, 5.74) is 3.83. The molecule has 0 saturated heterocycles. The molecule has 2 aromatic heterocycles. The number of hydrogen-bond donors (Lipinski definition) is 0. The molecule has 0 aliphatic carbocycles. The van der Waals surface area contributed by atoms with Gasteiger partial charge >= 0.3 is 0 Å². The molecule has 7 aromatic rings. The van der Waals surface area contributed by atoms with E-state index in [4.69, 9.17) is 8.83 Å². The molecule has 0 aliphatic heterocycles. The van der Waals surface area contributed by atoms with Crippen molar-refractivity contribution in [1.82, 2.24) is 0 Å². The summed E-state index contributed by atoms with van der Waals surface area (Å²) in [6, 6.07) is 33.5. The van der Waals surface area contributed by atoms with Crippen LogP contribution in [0.3, 0.4) is 0 Å². The fourth-order valence-electron chi connectivity index (χ4n) is 4.77. The van der Waals surface area contributed by atoms with Crippen molar-refractivity contribution in [3.63, 3.8) is 0 Å². The Morgan fingerprint density at radius 2 is 1.17 bits per heavy atom. The summed E-state index contributed by atoms with van der Waals surface area (Å²) in [5.74, 6) is 0.878. The first kappa shape index (κ1) is 15.8. The van der Waals surface area contributed by atoms with Crippen LogP contribution < -0.4 is 0 Å². The molecule has 0 atom stereocenters. The maximum absolute atomic E-state index is 6.39. The van der Waals surface area contributed by atoms with E-state index >= 15 is 0 Å². The van der Waals surface area contributed by atoms with Gasteiger partial charge in [-0.1, -0.05) is 78.9 Å². The fourth-order valence-corrected chi connectivity index (χ4v) is 4.77. The second kappa shape index (κ2) is 5.74. The topological polar surface area (TPSA) is 26.3 Å². The first-order valence-electron chi connectivity index (χ1n) is 10.1. The molecule has 2 nitrogen and oxygen atoms in total. The van der Waals surface area contributed by atoms with E-state index in [2.05, 4.69) is 66.7 Å². The molecule has 0 bridgehead atoms. The first-order valence-corrected chi connectivity index (χ1v) is 10.1. The quantitative estimate of drug-likeness (QED) is 0.266. The van der Waals surface area contributed by atoms with Gasteiger partial charge < -0.3 is 8.83 Å². The van der Waals surface area contributed by atoms with Crippen LogP contribution in [0, 0.1) is 0 Å². The number of benzene rings is 5. The van der Waals surface area contributed by atoms with Gasteiger partial charge in [-0.2, -0.15) is 0 Å². The van der Waals surface area contributed by atoms with Gasteiger partial charge in [0.2, 0.25) is 0 Å². The van der Waals surface area contributed by atoms with Crippen molar-refractivity contribution >= 4 is 54.5 Å². The average molecular weight is 384 g/mol. The average Bonchev–Trinajstić information content (AvgIpc) is 3.41. The molecule has 2 heterocycles. The third kappa shape index (κ3) is 2.03. The standard InChI is InChI=1S/C28H16O2/c1-5-14-23-17(8-1)16-25(29-23)22-13-7-12-19-18-9-2-3-10-20(18)28-27(26(19)22)21-11-4-6-15-24(21)30-28/h1-16H. The van der Waals surface area contributed by atoms with Crippen LogP contribution in [0.1, 0.15) is 0 Å². The van der Waals surface area contributed by atoms with Crippen LogP contribution in [-0.4, -0.2) is 0 Å². The molecule has 140 valence electrons. The van der Waals surface area contributed by atoms with Gasteiger partial charge in [0.05, 0.1) is 0 Å². The zero-order chi connectivity index (χ0) is 19.7. The second-order valence-electron chi connectivity index (χ2n) is 7.72. The zero-order valence-corrected chi connectivity index (χ0v) is 16.1. The Morgan fingerprint density at radius 3 is 2.03 bits per heavy atom. The van der Waals surface area contributed by atoms with Crippen LogP contribution in [-0.2, 0) is 0 Å². The maximum atomic E-state index is 6.39. The number of rotatable bonds is 1. The summed E-state index contributed by atoms with van der Waals surface area (Å²) in [5, 5.41) is 8.11. The van der Waals surface area contributed by atoms with Crippen molar-refractivity contribution in [3.05, 3.63) is 97.1 Å². The third-order valence-corrected chi connectivity index (χ3v) is 6.06. The Bertz CT molecular complexity index is 1710. The Labute approximate surface area is 171 Å². The predicted octanol–water partition coefficient (Wildman–Crippen LogP) is 8.31. The summed E-state index contributed by atoms with van der Waals surface area (Å²) in [7, 11) is 0. The monoisotopic (exact) mass is 384 g/mol. The highest BCUT2D eigenvalue weighted by Gasteiger charge is 2.19. The summed E-state index contributed by atoms with van der Waals surface area (Å²) in [6.07, 6.45) is 0. The molecule has 0 unspecified atom stereocenters. The second-order valence-corrected chi connectivity index (χ2v) is 7.72. The SMILES string of the molecule is c1ccc2oc(-c3cccc4c5ccccc5c5oc6ccccc6c5c34)cc2c1. The molecule has 0 N–H and O–H groups in total. The van der Waals surface area contributed by atoms with E-state index in [9.17, 15) is 0 Å².